The van der Waals surface area contributed by atoms with Gasteiger partial charge in [-0.25, -0.2) is 9.18 Å². The summed E-state index contributed by atoms with van der Waals surface area (Å²) in [6.07, 6.45) is 2.79. The number of aromatic nitrogens is 1. The lowest BCUT2D eigenvalue weighted by Gasteiger charge is -2.06. The molecule has 2 aromatic carbocycles. The van der Waals surface area contributed by atoms with Crippen LogP contribution < -0.4 is 20.1 Å². The summed E-state index contributed by atoms with van der Waals surface area (Å²) in [5.74, 6) is -1.67. The molecule has 0 atom stereocenters. The number of carbonyl (C=O) groups excluding carboxylic acids is 2. The average Bonchev–Trinajstić information content (AvgIpc) is 2.97. The summed E-state index contributed by atoms with van der Waals surface area (Å²) in [7, 11) is 0. The van der Waals surface area contributed by atoms with E-state index in [1.54, 1.807) is 37.3 Å². The number of nitrogens with one attached hydrogen (secondary N) is 1. The molecule has 1 amide bonds. The van der Waals surface area contributed by atoms with Crippen molar-refractivity contribution < 1.29 is 18.7 Å². The minimum atomic E-state index is -0.627. The van der Waals surface area contributed by atoms with E-state index in [1.807, 2.05) is 0 Å². The number of carbonyl (C=O) groups is 2. The minimum absolute atomic E-state index is 0.173. The van der Waals surface area contributed by atoms with Gasteiger partial charge in [0.1, 0.15) is 17.0 Å². The van der Waals surface area contributed by atoms with Crippen LogP contribution in [0.2, 0.25) is 5.02 Å². The first kappa shape index (κ1) is 22.5. The predicted molar refractivity (Wildman–Crippen MR) is 119 cm³/mol. The molecule has 0 aliphatic heterocycles. The van der Waals surface area contributed by atoms with Crippen molar-refractivity contribution in [2.45, 2.75) is 13.5 Å². The molecule has 1 heterocycles. The van der Waals surface area contributed by atoms with Crippen molar-refractivity contribution in [1.82, 2.24) is 4.57 Å². The molecular weight excluding hydrogens is 443 g/mol. The van der Waals surface area contributed by atoms with Crippen molar-refractivity contribution in [3.63, 3.8) is 0 Å². The predicted octanol–water partition coefficient (Wildman–Crippen LogP) is 2.51. The van der Waals surface area contributed by atoms with Crippen molar-refractivity contribution in [3.8, 4) is 0 Å². The lowest BCUT2D eigenvalue weighted by molar-refractivity contribution is -0.135. The molecule has 6 nitrogen and oxygen atoms in total. The van der Waals surface area contributed by atoms with Gasteiger partial charge in [-0.05, 0) is 48.9 Å². The number of thiazole rings is 1. The maximum atomic E-state index is 13.4. The molecule has 0 saturated carbocycles. The van der Waals surface area contributed by atoms with Gasteiger partial charge in [0, 0.05) is 10.7 Å². The van der Waals surface area contributed by atoms with Crippen molar-refractivity contribution >= 4 is 52.7 Å². The average molecular weight is 461 g/mol. The topological polar surface area (TPSA) is 77.4 Å². The number of hydrogen-bond donors (Lipinski definition) is 1. The van der Waals surface area contributed by atoms with Gasteiger partial charge in [-0.15, -0.1) is 11.3 Å². The summed E-state index contributed by atoms with van der Waals surface area (Å²) in [6, 6.07) is 12.3. The Kier molecular flexibility index (Phi) is 7.38. The second kappa shape index (κ2) is 10.2. The fourth-order valence-corrected chi connectivity index (χ4v) is 3.97. The van der Waals surface area contributed by atoms with Gasteiger partial charge in [-0.1, -0.05) is 29.8 Å². The Morgan fingerprint density at radius 3 is 2.71 bits per heavy atom. The summed E-state index contributed by atoms with van der Waals surface area (Å²) >= 11 is 7.05. The smallest absolute Gasteiger partial charge is 0.333 e. The number of benzene rings is 2. The summed E-state index contributed by atoms with van der Waals surface area (Å²) < 4.78 is 20.0. The normalized spacial score (nSPS) is 12.1. The lowest BCUT2D eigenvalue weighted by Crippen LogP contribution is -2.36. The Morgan fingerprint density at radius 2 is 2.00 bits per heavy atom. The van der Waals surface area contributed by atoms with Gasteiger partial charge in [0.15, 0.2) is 0 Å². The van der Waals surface area contributed by atoms with Gasteiger partial charge in [-0.3, -0.25) is 14.2 Å². The largest absolute Gasteiger partial charge is 0.463 e. The summed E-state index contributed by atoms with van der Waals surface area (Å²) in [4.78, 5) is 37.4. The van der Waals surface area contributed by atoms with Crippen LogP contribution >= 0.6 is 22.9 Å². The zero-order chi connectivity index (χ0) is 22.4. The molecule has 0 bridgehead atoms. The molecular formula is C22H18ClFN2O4S. The highest BCUT2D eigenvalue weighted by atomic mass is 35.5. The number of rotatable bonds is 6. The molecule has 0 fully saturated rings. The van der Waals surface area contributed by atoms with Crippen LogP contribution in [0.1, 0.15) is 12.5 Å². The molecule has 1 N–H and O–H groups in total. The molecule has 9 heteroatoms. The molecule has 160 valence electrons. The number of nitrogens with zero attached hydrogens (tertiary/aromatic N) is 1. The summed E-state index contributed by atoms with van der Waals surface area (Å²) in [5.41, 5.74) is 0.509. The van der Waals surface area contributed by atoms with E-state index in [0.29, 0.717) is 15.1 Å². The third kappa shape index (κ3) is 6.13. The van der Waals surface area contributed by atoms with Crippen LogP contribution in [-0.4, -0.2) is 23.1 Å². The zero-order valence-electron chi connectivity index (χ0n) is 16.4. The Hall–Kier alpha value is -3.23. The van der Waals surface area contributed by atoms with E-state index < -0.39 is 23.3 Å². The van der Waals surface area contributed by atoms with Gasteiger partial charge in [0.25, 0.3) is 5.56 Å². The first-order chi connectivity index (χ1) is 14.9. The van der Waals surface area contributed by atoms with E-state index in [4.69, 9.17) is 16.3 Å². The molecule has 1 aromatic heterocycles. The molecule has 0 aliphatic rings. The molecule has 0 aliphatic carbocycles. The van der Waals surface area contributed by atoms with Crippen LogP contribution in [0.5, 0.6) is 0 Å². The third-order valence-electron chi connectivity index (χ3n) is 4.02. The minimum Gasteiger partial charge on any atom is -0.463 e. The maximum absolute atomic E-state index is 13.4. The number of ether oxygens (including phenoxy) is 1. The third-order valence-corrected chi connectivity index (χ3v) is 5.32. The van der Waals surface area contributed by atoms with Crippen LogP contribution in [0.4, 0.5) is 10.1 Å². The second-order valence-corrected chi connectivity index (χ2v) is 7.85. The summed E-state index contributed by atoms with van der Waals surface area (Å²) in [6.45, 7) is 1.48. The van der Waals surface area contributed by atoms with E-state index >= 15 is 0 Å². The Balaban J connectivity index is 2.00. The monoisotopic (exact) mass is 460 g/mol. The van der Waals surface area contributed by atoms with Crippen molar-refractivity contribution in [3.05, 3.63) is 84.5 Å². The van der Waals surface area contributed by atoms with E-state index in [-0.39, 0.29) is 23.5 Å². The fourth-order valence-electron chi connectivity index (χ4n) is 2.74. The van der Waals surface area contributed by atoms with Crippen LogP contribution in [0.3, 0.4) is 0 Å². The van der Waals surface area contributed by atoms with Gasteiger partial charge in [-0.2, -0.15) is 0 Å². The van der Waals surface area contributed by atoms with Gasteiger partial charge < -0.3 is 10.1 Å². The highest BCUT2D eigenvalue weighted by Gasteiger charge is 2.12. The molecule has 3 rings (SSSR count). The second-order valence-electron chi connectivity index (χ2n) is 6.35. The lowest BCUT2D eigenvalue weighted by atomic mass is 10.2. The van der Waals surface area contributed by atoms with E-state index in [1.165, 1.54) is 28.8 Å². The van der Waals surface area contributed by atoms with Crippen molar-refractivity contribution in [2.75, 3.05) is 11.9 Å². The van der Waals surface area contributed by atoms with Gasteiger partial charge in [0.2, 0.25) is 5.91 Å². The quantitative estimate of drug-likeness (QED) is 0.573. The molecule has 31 heavy (non-hydrogen) atoms. The first-order valence-corrected chi connectivity index (χ1v) is 10.5. The van der Waals surface area contributed by atoms with Crippen LogP contribution in [0.15, 0.2) is 53.3 Å². The van der Waals surface area contributed by atoms with Gasteiger partial charge >= 0.3 is 5.97 Å². The first-order valence-electron chi connectivity index (χ1n) is 9.26. The maximum Gasteiger partial charge on any atom is 0.333 e. The van der Waals surface area contributed by atoms with Gasteiger partial charge in [0.05, 0.1) is 17.2 Å². The molecule has 3 aromatic rings. The number of amides is 1. The zero-order valence-corrected chi connectivity index (χ0v) is 18.0. The summed E-state index contributed by atoms with van der Waals surface area (Å²) in [5, 5.41) is 3.05. The Labute approximate surface area is 185 Å². The standard InChI is InChI=1S/C22H18ClFN2O4S/c1-2-30-21(28)12-20-26(13-19(27)25-17-8-4-7-16(24)11-17)22(29)18(31-20)10-14-5-3-6-15(23)9-14/h3-12H,2,13H2,1H3,(H,25,27)/b18-10-,20-12-. The fraction of sp³-hybridized carbons (Fsp3) is 0.136. The van der Waals surface area contributed by atoms with E-state index in [2.05, 4.69) is 5.32 Å². The van der Waals surface area contributed by atoms with Crippen LogP contribution in [-0.2, 0) is 20.9 Å². The Bertz CT molecular complexity index is 1300. The highest BCUT2D eigenvalue weighted by Crippen LogP contribution is 2.11. The molecule has 0 unspecified atom stereocenters. The van der Waals surface area contributed by atoms with E-state index in [9.17, 15) is 18.8 Å². The SMILES string of the molecule is CCOC(=O)/C=c1\s/c(=C\c2cccc(Cl)c2)c(=O)n1CC(=O)Nc1cccc(F)c1. The number of esters is 1. The Morgan fingerprint density at radius 1 is 1.23 bits per heavy atom. The highest BCUT2D eigenvalue weighted by molar-refractivity contribution is 7.07. The van der Waals surface area contributed by atoms with Crippen molar-refractivity contribution in [1.29, 1.82) is 0 Å². The van der Waals surface area contributed by atoms with Crippen molar-refractivity contribution in [2.24, 2.45) is 0 Å². The van der Waals surface area contributed by atoms with Crippen LogP contribution in [0, 0.1) is 5.82 Å². The number of halogens is 2. The van der Waals surface area contributed by atoms with E-state index in [0.717, 1.165) is 17.4 Å². The molecule has 0 radical (unpaired) electrons. The number of hydrogen-bond acceptors (Lipinski definition) is 5. The van der Waals surface area contributed by atoms with Crippen LogP contribution in [0.25, 0.3) is 12.2 Å². The molecule has 0 spiro atoms. The number of anilines is 1. The molecule has 0 saturated heterocycles.